The molecule has 0 bridgehead atoms. The summed E-state index contributed by atoms with van der Waals surface area (Å²) in [4.78, 5) is 16.6. The Morgan fingerprint density at radius 1 is 1.21 bits per heavy atom. The van der Waals surface area contributed by atoms with E-state index in [-0.39, 0.29) is 5.91 Å². The standard InChI is InChI=1S/C18H18N2O2S2/c1-22-15-8-4-2-6-13(15)10-19-17(21)11-23-12-18-20-14-7-3-5-9-16(14)24-18/h2-9H,10-12H2,1H3,(H,19,21). The lowest BCUT2D eigenvalue weighted by Gasteiger charge is -2.09. The summed E-state index contributed by atoms with van der Waals surface area (Å²) < 4.78 is 6.47. The van der Waals surface area contributed by atoms with Gasteiger partial charge in [-0.15, -0.1) is 23.1 Å². The van der Waals surface area contributed by atoms with Crippen molar-refractivity contribution in [2.24, 2.45) is 0 Å². The molecule has 0 aliphatic rings. The molecule has 3 aromatic rings. The molecular formula is C18H18N2O2S2. The first kappa shape index (κ1) is 16.8. The highest BCUT2D eigenvalue weighted by molar-refractivity contribution is 7.99. The van der Waals surface area contributed by atoms with Crippen LogP contribution >= 0.6 is 23.1 Å². The number of amides is 1. The van der Waals surface area contributed by atoms with E-state index in [0.29, 0.717) is 12.3 Å². The van der Waals surface area contributed by atoms with Crippen LogP contribution in [0.25, 0.3) is 10.2 Å². The van der Waals surface area contributed by atoms with Crippen molar-refractivity contribution in [2.45, 2.75) is 12.3 Å². The minimum atomic E-state index is 0.0204. The number of nitrogens with zero attached hydrogens (tertiary/aromatic N) is 1. The summed E-state index contributed by atoms with van der Waals surface area (Å²) in [6.45, 7) is 0.477. The van der Waals surface area contributed by atoms with Crippen LogP contribution in [0.3, 0.4) is 0 Å². The maximum atomic E-state index is 12.0. The number of methoxy groups -OCH3 is 1. The fourth-order valence-electron chi connectivity index (χ4n) is 2.31. The average molecular weight is 358 g/mol. The highest BCUT2D eigenvalue weighted by atomic mass is 32.2. The molecule has 4 nitrogen and oxygen atoms in total. The topological polar surface area (TPSA) is 51.2 Å². The van der Waals surface area contributed by atoms with Crippen LogP contribution in [0, 0.1) is 0 Å². The monoisotopic (exact) mass is 358 g/mol. The highest BCUT2D eigenvalue weighted by Crippen LogP contribution is 2.24. The molecule has 0 radical (unpaired) electrons. The Morgan fingerprint density at radius 3 is 2.83 bits per heavy atom. The molecule has 2 aromatic carbocycles. The SMILES string of the molecule is COc1ccccc1CNC(=O)CSCc1nc2ccccc2s1. The van der Waals surface area contributed by atoms with Gasteiger partial charge in [-0.1, -0.05) is 30.3 Å². The third-order valence-electron chi connectivity index (χ3n) is 3.47. The lowest BCUT2D eigenvalue weighted by atomic mass is 10.2. The van der Waals surface area contributed by atoms with E-state index < -0.39 is 0 Å². The molecule has 1 heterocycles. The van der Waals surface area contributed by atoms with Gasteiger partial charge in [0.15, 0.2) is 0 Å². The van der Waals surface area contributed by atoms with Crippen molar-refractivity contribution in [2.75, 3.05) is 12.9 Å². The van der Waals surface area contributed by atoms with Crippen LogP contribution in [-0.2, 0) is 17.1 Å². The van der Waals surface area contributed by atoms with Gasteiger partial charge >= 0.3 is 0 Å². The maximum absolute atomic E-state index is 12.0. The van der Waals surface area contributed by atoms with Crippen molar-refractivity contribution in [1.82, 2.24) is 10.3 Å². The third-order valence-corrected chi connectivity index (χ3v) is 5.63. The van der Waals surface area contributed by atoms with Crippen LogP contribution in [0.1, 0.15) is 10.6 Å². The number of hydrogen-bond acceptors (Lipinski definition) is 5. The van der Waals surface area contributed by atoms with Crippen molar-refractivity contribution in [3.8, 4) is 5.75 Å². The summed E-state index contributed by atoms with van der Waals surface area (Å²) in [5.74, 6) is 1.99. The van der Waals surface area contributed by atoms with Gasteiger partial charge in [-0.3, -0.25) is 4.79 Å². The number of thiazole rings is 1. The Bertz CT molecular complexity index is 800. The predicted molar refractivity (Wildman–Crippen MR) is 101 cm³/mol. The van der Waals surface area contributed by atoms with Gasteiger partial charge in [0.25, 0.3) is 0 Å². The lowest BCUT2D eigenvalue weighted by molar-refractivity contribution is -0.118. The van der Waals surface area contributed by atoms with Crippen molar-refractivity contribution >= 4 is 39.2 Å². The Hall–Kier alpha value is -2.05. The number of fused-ring (bicyclic) bond motifs is 1. The largest absolute Gasteiger partial charge is 0.496 e. The summed E-state index contributed by atoms with van der Waals surface area (Å²) in [5, 5.41) is 3.98. The van der Waals surface area contributed by atoms with E-state index in [1.54, 1.807) is 30.2 Å². The molecular weight excluding hydrogens is 340 g/mol. The van der Waals surface area contributed by atoms with Crippen LogP contribution < -0.4 is 10.1 Å². The van der Waals surface area contributed by atoms with E-state index in [1.165, 1.54) is 4.70 Å². The molecule has 0 fully saturated rings. The Labute approximate surface area is 149 Å². The highest BCUT2D eigenvalue weighted by Gasteiger charge is 2.07. The van der Waals surface area contributed by atoms with Gasteiger partial charge in [0.2, 0.25) is 5.91 Å². The van der Waals surface area contributed by atoms with E-state index in [9.17, 15) is 4.79 Å². The Kier molecular flexibility index (Phi) is 5.72. The molecule has 1 amide bonds. The van der Waals surface area contributed by atoms with Crippen LogP contribution in [0.4, 0.5) is 0 Å². The van der Waals surface area contributed by atoms with Crippen LogP contribution in [0.5, 0.6) is 5.75 Å². The zero-order valence-corrected chi connectivity index (χ0v) is 15.0. The number of ether oxygens (including phenoxy) is 1. The number of benzene rings is 2. The average Bonchev–Trinajstić information content (AvgIpc) is 3.03. The Morgan fingerprint density at radius 2 is 2.00 bits per heavy atom. The van der Waals surface area contributed by atoms with Crippen LogP contribution in [0.15, 0.2) is 48.5 Å². The number of nitrogens with one attached hydrogen (secondary N) is 1. The summed E-state index contributed by atoms with van der Waals surface area (Å²) in [6, 6.07) is 15.8. The number of carbonyl (C=O) groups excluding carboxylic acids is 1. The van der Waals surface area contributed by atoms with Gasteiger partial charge in [0, 0.05) is 17.9 Å². The van der Waals surface area contributed by atoms with Gasteiger partial charge in [0.05, 0.1) is 23.1 Å². The second-order valence-corrected chi connectivity index (χ2v) is 7.26. The zero-order valence-electron chi connectivity index (χ0n) is 13.3. The van der Waals surface area contributed by atoms with Crippen molar-refractivity contribution in [3.05, 3.63) is 59.1 Å². The van der Waals surface area contributed by atoms with Crippen LogP contribution in [-0.4, -0.2) is 23.8 Å². The molecule has 0 saturated carbocycles. The van der Waals surface area contributed by atoms with Gasteiger partial charge in [-0.05, 0) is 18.2 Å². The lowest BCUT2D eigenvalue weighted by Crippen LogP contribution is -2.24. The van der Waals surface area contributed by atoms with Crippen molar-refractivity contribution in [3.63, 3.8) is 0 Å². The fraction of sp³-hybridized carbons (Fsp3) is 0.222. The fourth-order valence-corrected chi connectivity index (χ4v) is 4.18. The maximum Gasteiger partial charge on any atom is 0.230 e. The molecule has 124 valence electrons. The third kappa shape index (κ3) is 4.27. The molecule has 0 atom stereocenters. The van der Waals surface area contributed by atoms with E-state index in [1.807, 2.05) is 42.5 Å². The van der Waals surface area contributed by atoms with Gasteiger partial charge in [-0.2, -0.15) is 0 Å². The summed E-state index contributed by atoms with van der Waals surface area (Å²) in [6.07, 6.45) is 0. The molecule has 0 spiro atoms. The van der Waals surface area contributed by atoms with E-state index in [4.69, 9.17) is 4.74 Å². The quantitative estimate of drug-likeness (QED) is 0.697. The molecule has 1 N–H and O–H groups in total. The minimum absolute atomic E-state index is 0.0204. The normalized spacial score (nSPS) is 10.7. The predicted octanol–water partition coefficient (Wildman–Crippen LogP) is 3.85. The summed E-state index contributed by atoms with van der Waals surface area (Å²) in [5.41, 5.74) is 2.00. The molecule has 0 saturated heterocycles. The molecule has 0 aliphatic heterocycles. The van der Waals surface area contributed by atoms with Crippen LogP contribution in [0.2, 0.25) is 0 Å². The minimum Gasteiger partial charge on any atom is -0.496 e. The smallest absolute Gasteiger partial charge is 0.230 e. The first-order chi connectivity index (χ1) is 11.8. The molecule has 0 aliphatic carbocycles. The number of carbonyl (C=O) groups is 1. The number of aromatic nitrogens is 1. The van der Waals surface area contributed by atoms with E-state index >= 15 is 0 Å². The van der Waals surface area contributed by atoms with E-state index in [2.05, 4.69) is 16.4 Å². The van der Waals surface area contributed by atoms with Crippen molar-refractivity contribution < 1.29 is 9.53 Å². The Balaban J connectivity index is 1.45. The summed E-state index contributed by atoms with van der Waals surface area (Å²) in [7, 11) is 1.63. The molecule has 6 heteroatoms. The second-order valence-electron chi connectivity index (χ2n) is 5.16. The number of para-hydroxylation sites is 2. The first-order valence-corrected chi connectivity index (χ1v) is 9.54. The zero-order chi connectivity index (χ0) is 16.8. The molecule has 3 rings (SSSR count). The molecule has 1 aromatic heterocycles. The number of thioether (sulfide) groups is 1. The van der Waals surface area contributed by atoms with E-state index in [0.717, 1.165) is 27.6 Å². The molecule has 24 heavy (non-hydrogen) atoms. The van der Waals surface area contributed by atoms with Gasteiger partial charge in [-0.25, -0.2) is 4.98 Å². The summed E-state index contributed by atoms with van der Waals surface area (Å²) >= 11 is 3.26. The first-order valence-electron chi connectivity index (χ1n) is 7.57. The number of hydrogen-bond donors (Lipinski definition) is 1. The number of rotatable bonds is 7. The molecule has 0 unspecified atom stereocenters. The van der Waals surface area contributed by atoms with Gasteiger partial charge < -0.3 is 10.1 Å². The van der Waals surface area contributed by atoms with Gasteiger partial charge in [0.1, 0.15) is 10.8 Å². The second kappa shape index (κ2) is 8.17. The van der Waals surface area contributed by atoms with Crippen molar-refractivity contribution in [1.29, 1.82) is 0 Å².